The maximum absolute atomic E-state index is 5.70. The topological polar surface area (TPSA) is 24.5 Å². The van der Waals surface area contributed by atoms with Crippen molar-refractivity contribution in [2.24, 2.45) is 5.92 Å². The Balaban J connectivity index is 1.80. The lowest BCUT2D eigenvalue weighted by atomic mass is 9.76. The third-order valence-electron chi connectivity index (χ3n) is 4.86. The van der Waals surface area contributed by atoms with E-state index >= 15 is 0 Å². The summed E-state index contributed by atoms with van der Waals surface area (Å²) in [6.45, 7) is 9.27. The summed E-state index contributed by atoms with van der Waals surface area (Å²) in [4.78, 5) is 2.69. The lowest BCUT2D eigenvalue weighted by Gasteiger charge is -2.50. The molecule has 1 saturated carbocycles. The predicted molar refractivity (Wildman–Crippen MR) is 75.9 cm³/mol. The number of methoxy groups -OCH3 is 1. The number of hydrogen-bond donors (Lipinski definition) is 1. The van der Waals surface area contributed by atoms with Crippen molar-refractivity contribution < 1.29 is 4.74 Å². The molecule has 1 aliphatic carbocycles. The van der Waals surface area contributed by atoms with Gasteiger partial charge in [0.15, 0.2) is 0 Å². The summed E-state index contributed by atoms with van der Waals surface area (Å²) in [7, 11) is 1.87. The van der Waals surface area contributed by atoms with Gasteiger partial charge in [-0.2, -0.15) is 0 Å². The maximum Gasteiger partial charge on any atom is 0.0777 e. The van der Waals surface area contributed by atoms with Crippen LogP contribution in [0, 0.1) is 5.92 Å². The molecule has 3 unspecified atom stereocenters. The Labute approximate surface area is 112 Å². The van der Waals surface area contributed by atoms with Crippen molar-refractivity contribution in [2.45, 2.75) is 57.6 Å². The quantitative estimate of drug-likeness (QED) is 0.736. The first-order valence-electron chi connectivity index (χ1n) is 7.68. The molecular formula is C15H30N2O. The van der Waals surface area contributed by atoms with E-state index in [0.717, 1.165) is 18.5 Å². The molecule has 3 atom stereocenters. The Morgan fingerprint density at radius 3 is 2.83 bits per heavy atom. The SMILES string of the molecule is CCCNCC1CCC1N1CCCC(C)(OC)C1. The minimum Gasteiger partial charge on any atom is -0.377 e. The number of nitrogens with one attached hydrogen (secondary N) is 1. The molecule has 1 aliphatic heterocycles. The first-order chi connectivity index (χ1) is 8.68. The van der Waals surface area contributed by atoms with Crippen molar-refractivity contribution in [1.82, 2.24) is 10.2 Å². The van der Waals surface area contributed by atoms with Crippen LogP contribution in [0.15, 0.2) is 0 Å². The third kappa shape index (κ3) is 3.25. The highest BCUT2D eigenvalue weighted by molar-refractivity contribution is 4.95. The normalized spacial score (nSPS) is 37.5. The number of hydrogen-bond acceptors (Lipinski definition) is 3. The molecular weight excluding hydrogens is 224 g/mol. The van der Waals surface area contributed by atoms with Gasteiger partial charge in [0, 0.05) is 19.7 Å². The summed E-state index contributed by atoms with van der Waals surface area (Å²) in [5, 5.41) is 3.58. The molecule has 1 heterocycles. The van der Waals surface area contributed by atoms with Gasteiger partial charge in [0.2, 0.25) is 0 Å². The van der Waals surface area contributed by atoms with Crippen LogP contribution in [-0.4, -0.2) is 49.8 Å². The molecule has 0 amide bonds. The van der Waals surface area contributed by atoms with E-state index in [2.05, 4.69) is 24.1 Å². The van der Waals surface area contributed by atoms with E-state index in [-0.39, 0.29) is 5.60 Å². The summed E-state index contributed by atoms with van der Waals surface area (Å²) < 4.78 is 5.70. The molecule has 3 heteroatoms. The van der Waals surface area contributed by atoms with Crippen molar-refractivity contribution >= 4 is 0 Å². The predicted octanol–water partition coefficient (Wildman–Crippen LogP) is 2.27. The zero-order valence-corrected chi connectivity index (χ0v) is 12.4. The Bertz CT molecular complexity index is 259. The van der Waals surface area contributed by atoms with E-state index in [1.54, 1.807) is 0 Å². The fourth-order valence-electron chi connectivity index (χ4n) is 3.43. The van der Waals surface area contributed by atoms with Crippen molar-refractivity contribution in [1.29, 1.82) is 0 Å². The molecule has 106 valence electrons. The first-order valence-corrected chi connectivity index (χ1v) is 7.68. The molecule has 1 N–H and O–H groups in total. The summed E-state index contributed by atoms with van der Waals surface area (Å²) in [6, 6.07) is 0.809. The highest BCUT2D eigenvalue weighted by Crippen LogP contribution is 2.35. The van der Waals surface area contributed by atoms with E-state index in [9.17, 15) is 0 Å². The van der Waals surface area contributed by atoms with Crippen molar-refractivity contribution in [3.8, 4) is 0 Å². The number of likely N-dealkylation sites (tertiary alicyclic amines) is 1. The highest BCUT2D eigenvalue weighted by Gasteiger charge is 2.40. The molecule has 2 aliphatic rings. The summed E-state index contributed by atoms with van der Waals surface area (Å²) in [6.07, 6.45) is 6.53. The number of rotatable bonds is 6. The average molecular weight is 254 g/mol. The second kappa shape index (κ2) is 6.36. The van der Waals surface area contributed by atoms with Gasteiger partial charge < -0.3 is 10.1 Å². The van der Waals surface area contributed by atoms with Crippen LogP contribution in [0.25, 0.3) is 0 Å². The van der Waals surface area contributed by atoms with Gasteiger partial charge in [-0.1, -0.05) is 6.92 Å². The Morgan fingerprint density at radius 2 is 2.22 bits per heavy atom. The molecule has 1 saturated heterocycles. The van der Waals surface area contributed by atoms with Crippen molar-refractivity contribution in [3.05, 3.63) is 0 Å². The average Bonchev–Trinajstić information content (AvgIpc) is 2.33. The highest BCUT2D eigenvalue weighted by atomic mass is 16.5. The summed E-state index contributed by atoms with van der Waals surface area (Å²) >= 11 is 0. The molecule has 2 fully saturated rings. The van der Waals surface area contributed by atoms with Gasteiger partial charge in [0.25, 0.3) is 0 Å². The van der Waals surface area contributed by atoms with E-state index in [1.807, 2.05) is 7.11 Å². The van der Waals surface area contributed by atoms with Crippen LogP contribution in [0.1, 0.15) is 46.0 Å². The molecule has 3 nitrogen and oxygen atoms in total. The zero-order valence-electron chi connectivity index (χ0n) is 12.4. The number of ether oxygens (including phenoxy) is 1. The van der Waals surface area contributed by atoms with Gasteiger partial charge >= 0.3 is 0 Å². The van der Waals surface area contributed by atoms with Crippen LogP contribution in [0.3, 0.4) is 0 Å². The van der Waals surface area contributed by atoms with Crippen LogP contribution in [0.5, 0.6) is 0 Å². The van der Waals surface area contributed by atoms with Crippen LogP contribution >= 0.6 is 0 Å². The molecule has 0 spiro atoms. The molecule has 0 aromatic heterocycles. The van der Waals surface area contributed by atoms with Gasteiger partial charge in [0.05, 0.1) is 5.60 Å². The number of piperidine rings is 1. The van der Waals surface area contributed by atoms with Crippen LogP contribution in [0.4, 0.5) is 0 Å². The Hall–Kier alpha value is -0.120. The molecule has 0 radical (unpaired) electrons. The monoisotopic (exact) mass is 254 g/mol. The Kier molecular flexibility index (Phi) is 5.05. The standard InChI is InChI=1S/C15H30N2O/c1-4-9-16-11-13-6-7-14(13)17-10-5-8-15(2,12-17)18-3/h13-14,16H,4-12H2,1-3H3. The van der Waals surface area contributed by atoms with E-state index in [1.165, 1.54) is 51.7 Å². The molecule has 0 aromatic rings. The Morgan fingerprint density at radius 1 is 1.39 bits per heavy atom. The maximum atomic E-state index is 5.70. The number of nitrogens with zero attached hydrogens (tertiary/aromatic N) is 1. The van der Waals surface area contributed by atoms with Gasteiger partial charge in [-0.3, -0.25) is 4.90 Å². The smallest absolute Gasteiger partial charge is 0.0777 e. The van der Waals surface area contributed by atoms with E-state index in [4.69, 9.17) is 4.74 Å². The van der Waals surface area contributed by atoms with Gasteiger partial charge in [-0.25, -0.2) is 0 Å². The zero-order chi connectivity index (χ0) is 13.0. The largest absolute Gasteiger partial charge is 0.377 e. The van der Waals surface area contributed by atoms with E-state index in [0.29, 0.717) is 0 Å². The van der Waals surface area contributed by atoms with Gasteiger partial charge in [0.1, 0.15) is 0 Å². The lowest BCUT2D eigenvalue weighted by Crippen LogP contribution is -2.57. The molecule has 18 heavy (non-hydrogen) atoms. The van der Waals surface area contributed by atoms with Crippen LogP contribution in [-0.2, 0) is 4.74 Å². The fourth-order valence-corrected chi connectivity index (χ4v) is 3.43. The van der Waals surface area contributed by atoms with E-state index < -0.39 is 0 Å². The molecule has 0 aromatic carbocycles. The third-order valence-corrected chi connectivity index (χ3v) is 4.86. The minimum absolute atomic E-state index is 0.0925. The first kappa shape index (κ1) is 14.3. The van der Waals surface area contributed by atoms with Gasteiger partial charge in [-0.05, 0) is 64.6 Å². The van der Waals surface area contributed by atoms with Gasteiger partial charge in [-0.15, -0.1) is 0 Å². The summed E-state index contributed by atoms with van der Waals surface area (Å²) in [5.41, 5.74) is 0.0925. The summed E-state index contributed by atoms with van der Waals surface area (Å²) in [5.74, 6) is 0.871. The van der Waals surface area contributed by atoms with Crippen molar-refractivity contribution in [3.63, 3.8) is 0 Å². The second-order valence-corrected chi connectivity index (χ2v) is 6.34. The molecule has 0 bridgehead atoms. The second-order valence-electron chi connectivity index (χ2n) is 6.34. The van der Waals surface area contributed by atoms with Crippen LogP contribution in [0.2, 0.25) is 0 Å². The minimum atomic E-state index is 0.0925. The fraction of sp³-hybridized carbons (Fsp3) is 1.00. The molecule has 2 rings (SSSR count). The van der Waals surface area contributed by atoms with Crippen LogP contribution < -0.4 is 5.32 Å². The van der Waals surface area contributed by atoms with Crippen molar-refractivity contribution in [2.75, 3.05) is 33.3 Å². The lowest BCUT2D eigenvalue weighted by molar-refractivity contribution is -0.0804.